The first-order valence-electron chi connectivity index (χ1n) is 8.80. The monoisotopic (exact) mass is 394 g/mol. The van der Waals surface area contributed by atoms with Gasteiger partial charge in [0.1, 0.15) is 0 Å². The van der Waals surface area contributed by atoms with Crippen LogP contribution in [0, 0.1) is 10.1 Å². The lowest BCUT2D eigenvalue weighted by Gasteiger charge is -2.25. The Morgan fingerprint density at radius 2 is 1.79 bits per heavy atom. The van der Waals surface area contributed by atoms with Gasteiger partial charge in [0.2, 0.25) is 0 Å². The van der Waals surface area contributed by atoms with Gasteiger partial charge < -0.3 is 15.1 Å². The highest BCUT2D eigenvalue weighted by Crippen LogP contribution is 2.38. The number of nitro groups is 1. The minimum Gasteiger partial charge on any atom is -0.503 e. The highest BCUT2D eigenvalue weighted by molar-refractivity contribution is 6.14. The van der Waals surface area contributed by atoms with Crippen LogP contribution in [0.15, 0.2) is 72.0 Å². The summed E-state index contributed by atoms with van der Waals surface area (Å²) in [4.78, 5) is 36.8. The van der Waals surface area contributed by atoms with Crippen LogP contribution in [-0.2, 0) is 9.59 Å². The standard InChI is InChI=1S/C21H18N2O6/c24-13-12-22-19(15-7-9-16(10-8-15)23(28)29)18(20(26)21(22)27)17(25)11-6-14-4-2-1-3-5-14/h1-11,19,24,26H,12-13H2/b11-6-/t19-/m1/s1. The zero-order chi connectivity index (χ0) is 21.0. The summed E-state index contributed by atoms with van der Waals surface area (Å²) >= 11 is 0. The molecule has 0 saturated heterocycles. The summed E-state index contributed by atoms with van der Waals surface area (Å²) in [6.07, 6.45) is 2.82. The lowest BCUT2D eigenvalue weighted by Crippen LogP contribution is -2.33. The van der Waals surface area contributed by atoms with Gasteiger partial charge in [0, 0.05) is 18.7 Å². The number of nitrogens with zero attached hydrogens (tertiary/aromatic N) is 2. The van der Waals surface area contributed by atoms with Crippen molar-refractivity contribution in [1.29, 1.82) is 0 Å². The maximum absolute atomic E-state index is 12.8. The number of hydrogen-bond acceptors (Lipinski definition) is 6. The van der Waals surface area contributed by atoms with Crippen LogP contribution in [0.25, 0.3) is 6.08 Å². The van der Waals surface area contributed by atoms with Gasteiger partial charge in [0.15, 0.2) is 11.5 Å². The molecular weight excluding hydrogens is 376 g/mol. The fourth-order valence-corrected chi connectivity index (χ4v) is 3.19. The molecule has 0 aromatic heterocycles. The Kier molecular flexibility index (Phi) is 5.85. The number of ketones is 1. The van der Waals surface area contributed by atoms with E-state index in [1.165, 1.54) is 35.2 Å². The Morgan fingerprint density at radius 3 is 2.38 bits per heavy atom. The van der Waals surface area contributed by atoms with E-state index in [0.717, 1.165) is 5.56 Å². The molecule has 8 nitrogen and oxygen atoms in total. The molecule has 1 amide bonds. The zero-order valence-electron chi connectivity index (χ0n) is 15.3. The molecule has 2 aromatic carbocycles. The van der Waals surface area contributed by atoms with E-state index in [1.807, 2.05) is 18.2 Å². The molecule has 148 valence electrons. The highest BCUT2D eigenvalue weighted by Gasteiger charge is 2.42. The van der Waals surface area contributed by atoms with Crippen molar-refractivity contribution < 1.29 is 24.7 Å². The first-order valence-corrected chi connectivity index (χ1v) is 8.80. The van der Waals surface area contributed by atoms with E-state index in [9.17, 15) is 29.9 Å². The molecule has 0 saturated carbocycles. The zero-order valence-corrected chi connectivity index (χ0v) is 15.3. The van der Waals surface area contributed by atoms with Gasteiger partial charge in [-0.2, -0.15) is 0 Å². The first-order chi connectivity index (χ1) is 13.9. The summed E-state index contributed by atoms with van der Waals surface area (Å²) in [5.74, 6) is -2.04. The molecule has 1 aliphatic heterocycles. The molecule has 0 bridgehead atoms. The number of benzene rings is 2. The first kappa shape index (κ1) is 20.0. The van der Waals surface area contributed by atoms with Gasteiger partial charge in [-0.25, -0.2) is 0 Å². The Balaban J connectivity index is 1.99. The molecule has 8 heteroatoms. The molecular formula is C21H18N2O6. The minimum atomic E-state index is -0.955. The van der Waals surface area contributed by atoms with E-state index in [-0.39, 0.29) is 24.4 Å². The number of carbonyl (C=O) groups is 2. The summed E-state index contributed by atoms with van der Waals surface area (Å²) in [5.41, 5.74) is 0.906. The predicted molar refractivity (Wildman–Crippen MR) is 105 cm³/mol. The molecule has 0 unspecified atom stereocenters. The number of non-ortho nitro benzene ring substituents is 1. The summed E-state index contributed by atoms with van der Waals surface area (Å²) in [5, 5.41) is 30.5. The van der Waals surface area contributed by atoms with Gasteiger partial charge >= 0.3 is 0 Å². The molecule has 0 aliphatic carbocycles. The minimum absolute atomic E-state index is 0.107. The van der Waals surface area contributed by atoms with Crippen molar-refractivity contribution in [2.24, 2.45) is 0 Å². The molecule has 0 fully saturated rings. The summed E-state index contributed by atoms with van der Waals surface area (Å²) < 4.78 is 0. The van der Waals surface area contributed by atoms with E-state index in [2.05, 4.69) is 0 Å². The van der Waals surface area contributed by atoms with Crippen molar-refractivity contribution in [3.8, 4) is 0 Å². The number of allylic oxidation sites excluding steroid dienone is 1. The summed E-state index contributed by atoms with van der Waals surface area (Å²) in [7, 11) is 0. The van der Waals surface area contributed by atoms with E-state index >= 15 is 0 Å². The SMILES string of the molecule is O=C(/C=C\c1ccccc1)C1=C(O)C(=O)N(CCO)[C@@H]1c1ccc([N+](=O)[O-])cc1. The van der Waals surface area contributed by atoms with Gasteiger partial charge in [-0.05, 0) is 29.3 Å². The third-order valence-electron chi connectivity index (χ3n) is 4.56. The van der Waals surface area contributed by atoms with Crippen molar-refractivity contribution in [1.82, 2.24) is 4.90 Å². The molecule has 3 rings (SSSR count). The van der Waals surface area contributed by atoms with E-state index in [1.54, 1.807) is 18.2 Å². The number of β-amino-alcohol motifs (C(OH)–C–C–N with tert-alkyl or cyclic N) is 1. The number of carbonyl (C=O) groups excluding carboxylic acids is 2. The van der Waals surface area contributed by atoms with Gasteiger partial charge in [-0.15, -0.1) is 0 Å². The van der Waals surface area contributed by atoms with Crippen molar-refractivity contribution in [2.75, 3.05) is 13.2 Å². The molecule has 0 radical (unpaired) electrons. The number of nitro benzene ring substituents is 1. The van der Waals surface area contributed by atoms with Crippen LogP contribution in [0.2, 0.25) is 0 Å². The van der Waals surface area contributed by atoms with Crippen LogP contribution in [0.4, 0.5) is 5.69 Å². The summed E-state index contributed by atoms with van der Waals surface area (Å²) in [6.45, 7) is -0.479. The maximum atomic E-state index is 12.8. The third kappa shape index (κ3) is 4.07. The van der Waals surface area contributed by atoms with Crippen molar-refractivity contribution in [3.05, 3.63) is 93.2 Å². The Morgan fingerprint density at radius 1 is 1.14 bits per heavy atom. The number of aliphatic hydroxyl groups is 2. The van der Waals surface area contributed by atoms with Crippen LogP contribution in [-0.4, -0.2) is 44.9 Å². The number of amides is 1. The van der Waals surface area contributed by atoms with Crippen LogP contribution >= 0.6 is 0 Å². The van der Waals surface area contributed by atoms with Gasteiger partial charge in [0.05, 0.1) is 23.1 Å². The van der Waals surface area contributed by atoms with Crippen LogP contribution in [0.1, 0.15) is 17.2 Å². The van der Waals surface area contributed by atoms with Crippen LogP contribution in [0.5, 0.6) is 0 Å². The molecule has 29 heavy (non-hydrogen) atoms. The largest absolute Gasteiger partial charge is 0.503 e. The average molecular weight is 394 g/mol. The van der Waals surface area contributed by atoms with Gasteiger partial charge in [0.25, 0.3) is 11.6 Å². The normalized spacial score (nSPS) is 16.7. The number of aliphatic hydroxyl groups excluding tert-OH is 2. The molecule has 1 atom stereocenters. The quantitative estimate of drug-likeness (QED) is 0.423. The second kappa shape index (κ2) is 8.49. The second-order valence-electron chi connectivity index (χ2n) is 6.34. The van der Waals surface area contributed by atoms with E-state index in [0.29, 0.717) is 5.56 Å². The Hall–Kier alpha value is -3.78. The van der Waals surface area contributed by atoms with Crippen LogP contribution < -0.4 is 0 Å². The van der Waals surface area contributed by atoms with Crippen LogP contribution in [0.3, 0.4) is 0 Å². The van der Waals surface area contributed by atoms with Crippen molar-refractivity contribution in [3.63, 3.8) is 0 Å². The van der Waals surface area contributed by atoms with Crippen molar-refractivity contribution >= 4 is 23.5 Å². The fraction of sp³-hybridized carbons (Fsp3) is 0.143. The van der Waals surface area contributed by atoms with E-state index < -0.39 is 28.4 Å². The summed E-state index contributed by atoms with van der Waals surface area (Å²) in [6, 6.07) is 13.4. The predicted octanol–water partition coefficient (Wildman–Crippen LogP) is 2.57. The smallest absolute Gasteiger partial charge is 0.290 e. The topological polar surface area (TPSA) is 121 Å². The molecule has 2 N–H and O–H groups in total. The van der Waals surface area contributed by atoms with Gasteiger partial charge in [-0.1, -0.05) is 36.4 Å². The van der Waals surface area contributed by atoms with Gasteiger partial charge in [-0.3, -0.25) is 19.7 Å². The average Bonchev–Trinajstić information content (AvgIpc) is 2.98. The number of rotatable bonds is 7. The Labute approximate surface area is 166 Å². The third-order valence-corrected chi connectivity index (χ3v) is 4.56. The highest BCUT2D eigenvalue weighted by atomic mass is 16.6. The molecule has 1 heterocycles. The maximum Gasteiger partial charge on any atom is 0.290 e. The number of hydrogen-bond donors (Lipinski definition) is 2. The van der Waals surface area contributed by atoms with E-state index in [4.69, 9.17) is 0 Å². The van der Waals surface area contributed by atoms with Crippen molar-refractivity contribution in [2.45, 2.75) is 6.04 Å². The molecule has 2 aromatic rings. The second-order valence-corrected chi connectivity index (χ2v) is 6.34. The molecule has 0 spiro atoms. The lowest BCUT2D eigenvalue weighted by atomic mass is 9.95. The molecule has 1 aliphatic rings. The lowest BCUT2D eigenvalue weighted by molar-refractivity contribution is -0.384. The fourth-order valence-electron chi connectivity index (χ4n) is 3.19. The Bertz CT molecular complexity index is 996.